The first kappa shape index (κ1) is 12.7. The van der Waals surface area contributed by atoms with E-state index in [0.29, 0.717) is 0 Å². The van der Waals surface area contributed by atoms with Crippen molar-refractivity contribution in [3.63, 3.8) is 0 Å². The van der Waals surface area contributed by atoms with E-state index >= 15 is 0 Å². The number of rotatable bonds is 3. The fourth-order valence-electron chi connectivity index (χ4n) is 1.27. The van der Waals surface area contributed by atoms with Crippen LogP contribution >= 0.6 is 11.3 Å². The van der Waals surface area contributed by atoms with Crippen molar-refractivity contribution in [1.29, 1.82) is 0 Å². The monoisotopic (exact) mass is 285 g/mol. The van der Waals surface area contributed by atoms with Gasteiger partial charge in [-0.25, -0.2) is 17.5 Å². The number of halogens is 1. The van der Waals surface area contributed by atoms with E-state index in [1.807, 2.05) is 4.72 Å². The van der Waals surface area contributed by atoms with Crippen LogP contribution < -0.4 is 4.72 Å². The van der Waals surface area contributed by atoms with E-state index in [1.165, 1.54) is 34.9 Å². The third-order valence-corrected chi connectivity index (χ3v) is 4.13. The summed E-state index contributed by atoms with van der Waals surface area (Å²) in [6, 6.07) is 5.95. The number of thiophene rings is 1. The van der Waals surface area contributed by atoms with Gasteiger partial charge in [0.05, 0.1) is 10.5 Å². The molecule has 1 amide bonds. The average molecular weight is 285 g/mol. The Kier molecular flexibility index (Phi) is 3.44. The molecule has 0 atom stereocenters. The molecule has 18 heavy (non-hydrogen) atoms. The number of amides is 1. The van der Waals surface area contributed by atoms with E-state index in [4.69, 9.17) is 0 Å². The van der Waals surface area contributed by atoms with Crippen LogP contribution in [0.3, 0.4) is 0 Å². The van der Waals surface area contributed by atoms with Crippen LogP contribution in [0.5, 0.6) is 0 Å². The highest BCUT2D eigenvalue weighted by atomic mass is 32.2. The van der Waals surface area contributed by atoms with Gasteiger partial charge in [0.1, 0.15) is 5.82 Å². The second kappa shape index (κ2) is 4.87. The van der Waals surface area contributed by atoms with E-state index in [9.17, 15) is 17.6 Å². The van der Waals surface area contributed by atoms with Crippen LogP contribution in [0.1, 0.15) is 10.4 Å². The number of benzene rings is 1. The first-order valence-electron chi connectivity index (χ1n) is 4.84. The summed E-state index contributed by atoms with van der Waals surface area (Å²) in [5.74, 6) is -1.42. The SMILES string of the molecule is O=C(NS(=O)(=O)c1cccc(F)c1)c1ccsc1. The van der Waals surface area contributed by atoms with E-state index in [0.717, 1.165) is 12.1 Å². The Hall–Kier alpha value is -1.73. The predicted octanol–water partition coefficient (Wildman–Crippen LogP) is 2.01. The number of nitrogens with one attached hydrogen (secondary N) is 1. The molecule has 0 radical (unpaired) electrons. The van der Waals surface area contributed by atoms with Crippen LogP contribution in [0.25, 0.3) is 0 Å². The highest BCUT2D eigenvalue weighted by Crippen LogP contribution is 2.12. The van der Waals surface area contributed by atoms with E-state index in [-0.39, 0.29) is 10.5 Å². The third kappa shape index (κ3) is 2.74. The smallest absolute Gasteiger partial charge is 0.265 e. The van der Waals surface area contributed by atoms with Gasteiger partial charge in [-0.1, -0.05) is 6.07 Å². The summed E-state index contributed by atoms with van der Waals surface area (Å²) in [6.45, 7) is 0. The Morgan fingerprint density at radius 2 is 2.06 bits per heavy atom. The minimum absolute atomic E-state index is 0.250. The number of hydrogen-bond acceptors (Lipinski definition) is 4. The maximum absolute atomic E-state index is 12.9. The summed E-state index contributed by atoms with van der Waals surface area (Å²) >= 11 is 1.28. The van der Waals surface area contributed by atoms with Gasteiger partial charge in [0.2, 0.25) is 0 Å². The Bertz CT molecular complexity index is 665. The molecule has 1 aromatic carbocycles. The Labute approximate surface area is 107 Å². The fraction of sp³-hybridized carbons (Fsp3) is 0. The molecule has 0 spiro atoms. The highest BCUT2D eigenvalue weighted by molar-refractivity contribution is 7.90. The summed E-state index contributed by atoms with van der Waals surface area (Å²) < 4.78 is 38.4. The number of carbonyl (C=O) groups is 1. The summed E-state index contributed by atoms with van der Waals surface area (Å²) in [7, 11) is -4.04. The van der Waals surface area contributed by atoms with Gasteiger partial charge >= 0.3 is 0 Å². The zero-order chi connectivity index (χ0) is 13.2. The molecule has 1 heterocycles. The van der Waals surface area contributed by atoms with Crippen LogP contribution in [0.2, 0.25) is 0 Å². The minimum Gasteiger partial charge on any atom is -0.268 e. The molecule has 0 aliphatic rings. The van der Waals surface area contributed by atoms with Crippen LogP contribution in [0.15, 0.2) is 46.0 Å². The molecular weight excluding hydrogens is 277 g/mol. The molecule has 4 nitrogen and oxygen atoms in total. The lowest BCUT2D eigenvalue weighted by molar-refractivity contribution is 0.0982. The van der Waals surface area contributed by atoms with Crippen molar-refractivity contribution in [2.45, 2.75) is 4.90 Å². The Balaban J connectivity index is 2.25. The van der Waals surface area contributed by atoms with Crippen molar-refractivity contribution in [1.82, 2.24) is 4.72 Å². The van der Waals surface area contributed by atoms with E-state index in [2.05, 4.69) is 0 Å². The molecule has 0 bridgehead atoms. The summed E-state index contributed by atoms with van der Waals surface area (Å²) in [5, 5.41) is 3.18. The Morgan fingerprint density at radius 3 is 2.67 bits per heavy atom. The maximum atomic E-state index is 12.9. The molecule has 0 aliphatic carbocycles. The predicted molar refractivity (Wildman–Crippen MR) is 65.4 cm³/mol. The molecule has 94 valence electrons. The zero-order valence-electron chi connectivity index (χ0n) is 8.96. The van der Waals surface area contributed by atoms with Gasteiger partial charge in [-0.05, 0) is 29.6 Å². The molecule has 1 aromatic heterocycles. The van der Waals surface area contributed by atoms with Crippen molar-refractivity contribution >= 4 is 27.3 Å². The van der Waals surface area contributed by atoms with Crippen molar-refractivity contribution in [3.8, 4) is 0 Å². The molecule has 0 fully saturated rings. The maximum Gasteiger partial charge on any atom is 0.265 e. The second-order valence-electron chi connectivity index (χ2n) is 3.40. The van der Waals surface area contributed by atoms with Crippen LogP contribution in [-0.2, 0) is 10.0 Å². The van der Waals surface area contributed by atoms with Crippen LogP contribution in [0, 0.1) is 5.82 Å². The number of carbonyl (C=O) groups excluding carboxylic acids is 1. The molecular formula is C11H8FNO3S2. The second-order valence-corrected chi connectivity index (χ2v) is 5.87. The largest absolute Gasteiger partial charge is 0.268 e. The molecule has 2 aromatic rings. The summed E-state index contributed by atoms with van der Waals surface area (Å²) in [6.07, 6.45) is 0. The zero-order valence-corrected chi connectivity index (χ0v) is 10.6. The molecule has 1 N–H and O–H groups in total. The van der Waals surface area contributed by atoms with Crippen molar-refractivity contribution in [2.75, 3.05) is 0 Å². The number of sulfonamides is 1. The van der Waals surface area contributed by atoms with Gasteiger partial charge in [0.15, 0.2) is 0 Å². The van der Waals surface area contributed by atoms with E-state index in [1.54, 1.807) is 5.38 Å². The lowest BCUT2D eigenvalue weighted by atomic mass is 10.3. The number of hydrogen-bond donors (Lipinski definition) is 1. The van der Waals surface area contributed by atoms with Gasteiger partial charge in [-0.3, -0.25) is 4.79 Å². The van der Waals surface area contributed by atoms with Crippen molar-refractivity contribution in [2.24, 2.45) is 0 Å². The normalized spacial score (nSPS) is 11.2. The van der Waals surface area contributed by atoms with Gasteiger partial charge in [0.25, 0.3) is 15.9 Å². The van der Waals surface area contributed by atoms with Crippen LogP contribution in [0.4, 0.5) is 4.39 Å². The molecule has 0 unspecified atom stereocenters. The van der Waals surface area contributed by atoms with Crippen molar-refractivity contribution < 1.29 is 17.6 Å². The fourth-order valence-corrected chi connectivity index (χ4v) is 2.91. The minimum atomic E-state index is -4.04. The topological polar surface area (TPSA) is 63.2 Å². The van der Waals surface area contributed by atoms with Gasteiger partial charge in [0, 0.05) is 5.38 Å². The lowest BCUT2D eigenvalue weighted by Gasteiger charge is -2.05. The molecule has 0 saturated heterocycles. The highest BCUT2D eigenvalue weighted by Gasteiger charge is 2.19. The average Bonchev–Trinajstić information content (AvgIpc) is 2.82. The lowest BCUT2D eigenvalue weighted by Crippen LogP contribution is -2.30. The molecule has 2 rings (SSSR count). The van der Waals surface area contributed by atoms with Gasteiger partial charge in [-0.15, -0.1) is 0 Å². The summed E-state index contributed by atoms with van der Waals surface area (Å²) in [5.41, 5.74) is 0.250. The first-order chi connectivity index (χ1) is 8.49. The van der Waals surface area contributed by atoms with Gasteiger partial charge in [-0.2, -0.15) is 11.3 Å². The first-order valence-corrected chi connectivity index (χ1v) is 7.26. The quantitative estimate of drug-likeness (QED) is 0.938. The summed E-state index contributed by atoms with van der Waals surface area (Å²) in [4.78, 5) is 11.3. The van der Waals surface area contributed by atoms with Crippen molar-refractivity contribution in [3.05, 3.63) is 52.5 Å². The van der Waals surface area contributed by atoms with E-state index < -0.39 is 21.7 Å². The van der Waals surface area contributed by atoms with Gasteiger partial charge < -0.3 is 0 Å². The standard InChI is InChI=1S/C11H8FNO3S2/c12-9-2-1-3-10(6-9)18(15,16)13-11(14)8-4-5-17-7-8/h1-7H,(H,13,14). The Morgan fingerprint density at radius 1 is 1.28 bits per heavy atom. The van der Waals surface area contributed by atoms with Crippen LogP contribution in [-0.4, -0.2) is 14.3 Å². The molecule has 0 saturated carbocycles. The molecule has 0 aliphatic heterocycles. The third-order valence-electron chi connectivity index (χ3n) is 2.12. The molecule has 7 heteroatoms.